The highest BCUT2D eigenvalue weighted by atomic mass is 32.2. The molecule has 0 spiro atoms. The van der Waals surface area contributed by atoms with Crippen molar-refractivity contribution in [3.8, 4) is 0 Å². The molecule has 0 N–H and O–H groups in total. The standard InChI is InChI=1S/C7H11F3N2O2S/c8-7(9,10)15(13,14)11-6-12-4-2-1-3-5-12/h6H,1-5H2/b11-6+. The van der Waals surface area contributed by atoms with Crippen LogP contribution in [-0.4, -0.2) is 38.3 Å². The predicted molar refractivity (Wildman–Crippen MR) is 48.9 cm³/mol. The van der Waals surface area contributed by atoms with E-state index in [4.69, 9.17) is 0 Å². The van der Waals surface area contributed by atoms with E-state index in [-0.39, 0.29) is 0 Å². The third-order valence-electron chi connectivity index (χ3n) is 2.03. The summed E-state index contributed by atoms with van der Waals surface area (Å²) in [7, 11) is -5.37. The molecular weight excluding hydrogens is 233 g/mol. The van der Waals surface area contributed by atoms with Gasteiger partial charge in [-0.25, -0.2) is 0 Å². The van der Waals surface area contributed by atoms with Crippen LogP contribution in [0.25, 0.3) is 0 Å². The van der Waals surface area contributed by atoms with Crippen molar-refractivity contribution in [1.29, 1.82) is 0 Å². The molecule has 1 fully saturated rings. The molecule has 88 valence electrons. The fraction of sp³-hybridized carbons (Fsp3) is 0.857. The molecule has 8 heteroatoms. The minimum Gasteiger partial charge on any atom is -0.362 e. The van der Waals surface area contributed by atoms with E-state index in [2.05, 4.69) is 4.40 Å². The van der Waals surface area contributed by atoms with Crippen molar-refractivity contribution in [2.45, 2.75) is 24.8 Å². The predicted octanol–water partition coefficient (Wildman–Crippen LogP) is 1.35. The zero-order valence-corrected chi connectivity index (χ0v) is 8.68. The molecule has 0 aromatic heterocycles. The molecule has 0 aromatic rings. The van der Waals surface area contributed by atoms with Crippen LogP contribution in [0.3, 0.4) is 0 Å². The molecule has 0 aliphatic carbocycles. The summed E-state index contributed by atoms with van der Waals surface area (Å²) in [6.45, 7) is 1.10. The molecule has 1 rings (SSSR count). The van der Waals surface area contributed by atoms with Crippen molar-refractivity contribution in [3.63, 3.8) is 0 Å². The maximum Gasteiger partial charge on any atom is 0.518 e. The van der Waals surface area contributed by atoms with Gasteiger partial charge in [-0.2, -0.15) is 21.6 Å². The second-order valence-electron chi connectivity index (χ2n) is 3.24. The van der Waals surface area contributed by atoms with Crippen LogP contribution in [0.4, 0.5) is 13.2 Å². The Kier molecular flexibility index (Phi) is 3.58. The van der Waals surface area contributed by atoms with Gasteiger partial charge in [-0.15, -0.1) is 4.40 Å². The van der Waals surface area contributed by atoms with E-state index in [9.17, 15) is 21.6 Å². The molecule has 15 heavy (non-hydrogen) atoms. The lowest BCUT2D eigenvalue weighted by Gasteiger charge is -2.23. The summed E-state index contributed by atoms with van der Waals surface area (Å²) < 4.78 is 59.3. The summed E-state index contributed by atoms with van der Waals surface area (Å²) in [4.78, 5) is 1.48. The topological polar surface area (TPSA) is 49.7 Å². The zero-order chi connectivity index (χ0) is 11.5. The van der Waals surface area contributed by atoms with Gasteiger partial charge in [0.05, 0.1) is 0 Å². The van der Waals surface area contributed by atoms with Crippen LogP contribution in [-0.2, 0) is 10.0 Å². The monoisotopic (exact) mass is 244 g/mol. The maximum atomic E-state index is 11.9. The summed E-state index contributed by atoms with van der Waals surface area (Å²) in [5.41, 5.74) is -5.31. The van der Waals surface area contributed by atoms with Gasteiger partial charge >= 0.3 is 15.5 Å². The fourth-order valence-electron chi connectivity index (χ4n) is 1.22. The fourth-order valence-corrected chi connectivity index (χ4v) is 1.60. The van der Waals surface area contributed by atoms with E-state index >= 15 is 0 Å². The highest BCUT2D eigenvalue weighted by Crippen LogP contribution is 2.24. The van der Waals surface area contributed by atoms with E-state index in [0.29, 0.717) is 13.1 Å². The summed E-state index contributed by atoms with van der Waals surface area (Å²) in [5, 5.41) is 0. The number of likely N-dealkylation sites (tertiary alicyclic amines) is 1. The van der Waals surface area contributed by atoms with E-state index in [0.717, 1.165) is 25.6 Å². The molecule has 1 aliphatic heterocycles. The number of halogens is 3. The molecule has 0 atom stereocenters. The number of piperidine rings is 1. The normalized spacial score (nSPS) is 19.8. The molecule has 0 saturated carbocycles. The Labute approximate surface area is 85.8 Å². The van der Waals surface area contributed by atoms with Gasteiger partial charge in [0.2, 0.25) is 0 Å². The van der Waals surface area contributed by atoms with Crippen LogP contribution in [0.15, 0.2) is 4.40 Å². The van der Waals surface area contributed by atoms with Gasteiger partial charge in [-0.1, -0.05) is 0 Å². The van der Waals surface area contributed by atoms with Gasteiger partial charge in [0.15, 0.2) is 0 Å². The van der Waals surface area contributed by atoms with Gasteiger partial charge in [0.25, 0.3) is 0 Å². The van der Waals surface area contributed by atoms with E-state index in [1.807, 2.05) is 0 Å². The number of sulfonamides is 1. The van der Waals surface area contributed by atoms with Crippen molar-refractivity contribution >= 4 is 16.4 Å². The summed E-state index contributed by atoms with van der Waals surface area (Å²) in [5.74, 6) is 0. The molecule has 1 heterocycles. The minimum atomic E-state index is -5.37. The average molecular weight is 244 g/mol. The van der Waals surface area contributed by atoms with Gasteiger partial charge in [-0.05, 0) is 19.3 Å². The summed E-state index contributed by atoms with van der Waals surface area (Å²) in [6, 6.07) is 0. The second kappa shape index (κ2) is 4.38. The van der Waals surface area contributed by atoms with Gasteiger partial charge in [-0.3, -0.25) is 0 Å². The van der Waals surface area contributed by atoms with Crippen LogP contribution >= 0.6 is 0 Å². The van der Waals surface area contributed by atoms with Crippen LogP contribution in [0, 0.1) is 0 Å². The average Bonchev–Trinajstić information content (AvgIpc) is 2.15. The Morgan fingerprint density at radius 1 is 1.13 bits per heavy atom. The Morgan fingerprint density at radius 2 is 1.67 bits per heavy atom. The second-order valence-corrected chi connectivity index (χ2v) is 4.86. The van der Waals surface area contributed by atoms with Crippen LogP contribution in [0.5, 0.6) is 0 Å². The number of nitrogens with zero attached hydrogens (tertiary/aromatic N) is 2. The first-order valence-electron chi connectivity index (χ1n) is 4.44. The first-order chi connectivity index (χ1) is 6.83. The first kappa shape index (κ1) is 12.3. The van der Waals surface area contributed by atoms with Crippen molar-refractivity contribution in [1.82, 2.24) is 4.90 Å². The molecule has 4 nitrogen and oxygen atoms in total. The number of hydrogen-bond donors (Lipinski definition) is 0. The Hall–Kier alpha value is -0.790. The molecule has 0 aromatic carbocycles. The van der Waals surface area contributed by atoms with Gasteiger partial charge in [0, 0.05) is 13.1 Å². The quantitative estimate of drug-likeness (QED) is 0.544. The van der Waals surface area contributed by atoms with Crippen LogP contribution in [0.2, 0.25) is 0 Å². The third-order valence-corrected chi connectivity index (χ3v) is 2.99. The molecule has 1 aliphatic rings. The smallest absolute Gasteiger partial charge is 0.362 e. The number of alkyl halides is 3. The van der Waals surface area contributed by atoms with Crippen LogP contribution in [0.1, 0.15) is 19.3 Å². The number of rotatable bonds is 2. The summed E-state index contributed by atoms with van der Waals surface area (Å²) >= 11 is 0. The van der Waals surface area contributed by atoms with E-state index in [1.165, 1.54) is 4.90 Å². The third kappa shape index (κ3) is 3.37. The van der Waals surface area contributed by atoms with Crippen molar-refractivity contribution in [2.75, 3.05) is 13.1 Å². The summed E-state index contributed by atoms with van der Waals surface area (Å²) in [6.07, 6.45) is 3.47. The van der Waals surface area contributed by atoms with Gasteiger partial charge < -0.3 is 4.90 Å². The lowest BCUT2D eigenvalue weighted by Crippen LogP contribution is -2.30. The molecular formula is C7H11F3N2O2S. The van der Waals surface area contributed by atoms with Gasteiger partial charge in [0.1, 0.15) is 6.34 Å². The Balaban J connectivity index is 2.64. The van der Waals surface area contributed by atoms with E-state index < -0.39 is 15.5 Å². The lowest BCUT2D eigenvalue weighted by atomic mass is 10.1. The van der Waals surface area contributed by atoms with E-state index in [1.54, 1.807) is 0 Å². The lowest BCUT2D eigenvalue weighted by molar-refractivity contribution is -0.0435. The Morgan fingerprint density at radius 3 is 2.13 bits per heavy atom. The highest BCUT2D eigenvalue weighted by Gasteiger charge is 2.45. The molecule has 0 unspecified atom stereocenters. The highest BCUT2D eigenvalue weighted by molar-refractivity contribution is 7.91. The zero-order valence-electron chi connectivity index (χ0n) is 7.87. The molecule has 0 radical (unpaired) electrons. The van der Waals surface area contributed by atoms with Crippen molar-refractivity contribution < 1.29 is 21.6 Å². The maximum absolute atomic E-state index is 11.9. The molecule has 0 bridgehead atoms. The molecule has 1 saturated heterocycles. The van der Waals surface area contributed by atoms with Crippen molar-refractivity contribution in [3.05, 3.63) is 0 Å². The van der Waals surface area contributed by atoms with Crippen molar-refractivity contribution in [2.24, 2.45) is 4.40 Å². The molecule has 0 amide bonds. The first-order valence-corrected chi connectivity index (χ1v) is 5.88. The largest absolute Gasteiger partial charge is 0.518 e. The van der Waals surface area contributed by atoms with Crippen LogP contribution < -0.4 is 0 Å². The Bertz CT molecular complexity index is 331. The SMILES string of the molecule is O=S(=O)(/N=C/N1CCCCC1)C(F)(F)F. The number of hydrogen-bond acceptors (Lipinski definition) is 2. The minimum absolute atomic E-state index is 0.552.